The Labute approximate surface area is 131 Å². The number of rotatable bonds is 5. The molecule has 9 heteroatoms. The first-order chi connectivity index (χ1) is 10.5. The third kappa shape index (κ3) is 2.85. The molecule has 3 rings (SSSR count). The van der Waals surface area contributed by atoms with Crippen LogP contribution in [-0.4, -0.2) is 24.9 Å². The van der Waals surface area contributed by atoms with Gasteiger partial charge in [0.1, 0.15) is 11.3 Å². The van der Waals surface area contributed by atoms with E-state index in [2.05, 4.69) is 44.1 Å². The Kier molecular flexibility index (Phi) is 3.90. The number of thiazole rings is 1. The van der Waals surface area contributed by atoms with Crippen molar-refractivity contribution in [3.05, 3.63) is 22.4 Å². The van der Waals surface area contributed by atoms with Crippen molar-refractivity contribution in [2.24, 2.45) is 5.92 Å². The summed E-state index contributed by atoms with van der Waals surface area (Å²) in [6.07, 6.45) is 1.86. The maximum Gasteiger partial charge on any atom is 0.224 e. The smallest absolute Gasteiger partial charge is 0.224 e. The summed E-state index contributed by atoms with van der Waals surface area (Å²) in [6.45, 7) is 4.98. The first-order valence-corrected chi connectivity index (χ1v) is 7.82. The Hall–Kier alpha value is -2.26. The predicted octanol–water partition coefficient (Wildman–Crippen LogP) is 1.46. The molecule has 0 aliphatic rings. The van der Waals surface area contributed by atoms with Crippen molar-refractivity contribution in [2.45, 2.75) is 26.4 Å². The van der Waals surface area contributed by atoms with Crippen molar-refractivity contribution in [2.75, 3.05) is 11.5 Å². The van der Waals surface area contributed by atoms with E-state index in [0.717, 1.165) is 12.4 Å². The van der Waals surface area contributed by atoms with Gasteiger partial charge in [0, 0.05) is 17.6 Å². The molecule has 3 heterocycles. The molecule has 0 spiro atoms. The highest BCUT2D eigenvalue weighted by Gasteiger charge is 2.21. The molecule has 0 saturated heterocycles. The molecule has 1 atom stereocenters. The zero-order valence-corrected chi connectivity index (χ0v) is 13.2. The van der Waals surface area contributed by atoms with Gasteiger partial charge in [0.2, 0.25) is 5.95 Å². The van der Waals surface area contributed by atoms with Gasteiger partial charge in [-0.25, -0.2) is 4.98 Å². The lowest BCUT2D eigenvalue weighted by Crippen LogP contribution is -2.26. The predicted molar refractivity (Wildman–Crippen MR) is 87.0 cm³/mol. The zero-order chi connectivity index (χ0) is 15.7. The first-order valence-electron chi connectivity index (χ1n) is 6.94. The average Bonchev–Trinajstić information content (AvgIpc) is 3.07. The van der Waals surface area contributed by atoms with Crippen molar-refractivity contribution < 1.29 is 0 Å². The van der Waals surface area contributed by atoms with E-state index in [1.807, 2.05) is 11.7 Å². The van der Waals surface area contributed by atoms with Crippen LogP contribution in [0, 0.1) is 5.92 Å². The fourth-order valence-corrected chi connectivity index (χ4v) is 2.84. The summed E-state index contributed by atoms with van der Waals surface area (Å²) >= 11 is 1.62. The van der Waals surface area contributed by atoms with Gasteiger partial charge in [-0.1, -0.05) is 13.8 Å². The number of H-pyrrole nitrogens is 1. The molecule has 0 fully saturated rings. The van der Waals surface area contributed by atoms with E-state index in [-0.39, 0.29) is 12.0 Å². The Morgan fingerprint density at radius 3 is 2.77 bits per heavy atom. The standard InChI is InChI=1S/C13H18N8S/c1-6(2)8(17-4-7-3-16-5-22-7)11-18-9-10(14)19-13(15)21-12(9)20-11/h3,5-6,8,17H,4H2,1-2H3,(H5,14,15,18,19,20,21). The number of aromatic amines is 1. The minimum Gasteiger partial charge on any atom is -0.382 e. The molecule has 0 bridgehead atoms. The summed E-state index contributed by atoms with van der Waals surface area (Å²) in [7, 11) is 0. The van der Waals surface area contributed by atoms with Crippen LogP contribution in [-0.2, 0) is 6.54 Å². The molecular formula is C13H18N8S. The average molecular weight is 318 g/mol. The van der Waals surface area contributed by atoms with Gasteiger partial charge in [0.15, 0.2) is 11.5 Å². The number of nitrogen functional groups attached to an aromatic ring is 2. The second-order valence-electron chi connectivity index (χ2n) is 5.36. The van der Waals surface area contributed by atoms with Crippen LogP contribution >= 0.6 is 11.3 Å². The van der Waals surface area contributed by atoms with Gasteiger partial charge in [0.05, 0.1) is 11.6 Å². The van der Waals surface area contributed by atoms with Gasteiger partial charge in [-0.15, -0.1) is 11.3 Å². The molecular weight excluding hydrogens is 300 g/mol. The normalized spacial score (nSPS) is 13.0. The fourth-order valence-electron chi connectivity index (χ4n) is 2.29. The molecule has 0 aromatic carbocycles. The summed E-state index contributed by atoms with van der Waals surface area (Å²) in [5, 5.41) is 3.49. The van der Waals surface area contributed by atoms with Crippen molar-refractivity contribution in [3.8, 4) is 0 Å². The van der Waals surface area contributed by atoms with Crippen molar-refractivity contribution in [1.29, 1.82) is 0 Å². The number of fused-ring (bicyclic) bond motifs is 1. The molecule has 0 aliphatic carbocycles. The molecule has 116 valence electrons. The molecule has 22 heavy (non-hydrogen) atoms. The van der Waals surface area contributed by atoms with Crippen molar-refractivity contribution in [3.63, 3.8) is 0 Å². The van der Waals surface area contributed by atoms with E-state index < -0.39 is 0 Å². The number of hydrogen-bond donors (Lipinski definition) is 4. The Morgan fingerprint density at radius 1 is 1.27 bits per heavy atom. The SMILES string of the molecule is CC(C)C(NCc1cncs1)c1nc2nc(N)nc(N)c2[nH]1. The van der Waals surface area contributed by atoms with Crippen LogP contribution in [0.5, 0.6) is 0 Å². The summed E-state index contributed by atoms with van der Waals surface area (Å²) in [6, 6.07) is 0.0388. The van der Waals surface area contributed by atoms with Gasteiger partial charge >= 0.3 is 0 Å². The van der Waals surface area contributed by atoms with E-state index in [0.29, 0.717) is 22.9 Å². The van der Waals surface area contributed by atoms with E-state index in [9.17, 15) is 0 Å². The minimum atomic E-state index is 0.0388. The first kappa shape index (κ1) is 14.7. The Morgan fingerprint density at radius 2 is 2.09 bits per heavy atom. The lowest BCUT2D eigenvalue weighted by atomic mass is 10.0. The number of aromatic nitrogens is 5. The third-order valence-electron chi connectivity index (χ3n) is 3.36. The van der Waals surface area contributed by atoms with Crippen LogP contribution in [0.3, 0.4) is 0 Å². The monoisotopic (exact) mass is 318 g/mol. The number of nitrogens with zero attached hydrogens (tertiary/aromatic N) is 4. The van der Waals surface area contributed by atoms with Gasteiger partial charge in [0.25, 0.3) is 0 Å². The number of nitrogens with two attached hydrogens (primary N) is 2. The van der Waals surface area contributed by atoms with Crippen LogP contribution in [0.2, 0.25) is 0 Å². The van der Waals surface area contributed by atoms with Crippen molar-refractivity contribution in [1.82, 2.24) is 30.2 Å². The fraction of sp³-hybridized carbons (Fsp3) is 0.385. The quantitative estimate of drug-likeness (QED) is 0.560. The maximum atomic E-state index is 5.87. The largest absolute Gasteiger partial charge is 0.382 e. The Bertz CT molecular complexity index is 764. The highest BCUT2D eigenvalue weighted by Crippen LogP contribution is 2.24. The minimum absolute atomic E-state index is 0.0388. The van der Waals surface area contributed by atoms with Gasteiger partial charge < -0.3 is 21.8 Å². The zero-order valence-electron chi connectivity index (χ0n) is 12.4. The van der Waals surface area contributed by atoms with E-state index >= 15 is 0 Å². The molecule has 0 amide bonds. The Balaban J connectivity index is 1.89. The van der Waals surface area contributed by atoms with E-state index in [4.69, 9.17) is 11.5 Å². The van der Waals surface area contributed by atoms with E-state index in [1.54, 1.807) is 11.3 Å². The van der Waals surface area contributed by atoms with Crippen molar-refractivity contribution >= 4 is 34.3 Å². The molecule has 0 aliphatic heterocycles. The summed E-state index contributed by atoms with van der Waals surface area (Å²) in [4.78, 5) is 21.0. The molecule has 6 N–H and O–H groups in total. The lowest BCUT2D eigenvalue weighted by molar-refractivity contribution is 0.397. The van der Waals surface area contributed by atoms with Crippen LogP contribution in [0.25, 0.3) is 11.2 Å². The molecule has 0 saturated carbocycles. The molecule has 1 unspecified atom stereocenters. The van der Waals surface area contributed by atoms with Crippen LogP contribution in [0.15, 0.2) is 11.7 Å². The molecule has 3 aromatic rings. The lowest BCUT2D eigenvalue weighted by Gasteiger charge is -2.19. The second-order valence-corrected chi connectivity index (χ2v) is 6.33. The van der Waals surface area contributed by atoms with Gasteiger partial charge in [-0.05, 0) is 5.92 Å². The summed E-state index contributed by atoms with van der Waals surface area (Å²) < 4.78 is 0. The number of anilines is 2. The molecule has 8 nitrogen and oxygen atoms in total. The number of hydrogen-bond acceptors (Lipinski definition) is 8. The number of imidazole rings is 1. The van der Waals surface area contributed by atoms with Crippen LogP contribution < -0.4 is 16.8 Å². The van der Waals surface area contributed by atoms with Crippen LogP contribution in [0.4, 0.5) is 11.8 Å². The highest BCUT2D eigenvalue weighted by molar-refractivity contribution is 7.09. The van der Waals surface area contributed by atoms with Gasteiger partial charge in [-0.2, -0.15) is 9.97 Å². The second kappa shape index (κ2) is 5.85. The summed E-state index contributed by atoms with van der Waals surface area (Å²) in [5.41, 5.74) is 14.4. The van der Waals surface area contributed by atoms with Gasteiger partial charge in [-0.3, -0.25) is 4.98 Å². The number of nitrogens with one attached hydrogen (secondary N) is 2. The van der Waals surface area contributed by atoms with E-state index in [1.165, 1.54) is 4.88 Å². The highest BCUT2D eigenvalue weighted by atomic mass is 32.1. The maximum absolute atomic E-state index is 5.87. The summed E-state index contributed by atoms with van der Waals surface area (Å²) in [5.74, 6) is 1.55. The molecule has 0 radical (unpaired) electrons. The topological polar surface area (TPSA) is 131 Å². The molecule has 3 aromatic heterocycles. The van der Waals surface area contributed by atoms with Crippen LogP contribution in [0.1, 0.15) is 30.6 Å². The third-order valence-corrected chi connectivity index (χ3v) is 4.14.